The molecule has 0 spiro atoms. The molecule has 3 rings (SSSR count). The molecule has 0 N–H and O–H groups in total. The molecule has 4 nitrogen and oxygen atoms in total. The third-order valence-electron chi connectivity index (χ3n) is 3.73. The Kier molecular flexibility index (Phi) is 4.02. The molecule has 0 aliphatic carbocycles. The maximum atomic E-state index is 13.1. The SMILES string of the molecule is CC(C)c1ccc(-n2nnc(C=O)c2-c2ccc(F)cc2)cc1. The van der Waals surface area contributed by atoms with E-state index in [1.54, 1.807) is 16.8 Å². The van der Waals surface area contributed by atoms with E-state index >= 15 is 0 Å². The molecule has 0 amide bonds. The molecule has 0 saturated heterocycles. The lowest BCUT2D eigenvalue weighted by molar-refractivity contribution is 0.111. The number of hydrogen-bond donors (Lipinski definition) is 0. The van der Waals surface area contributed by atoms with Crippen LogP contribution in [0.3, 0.4) is 0 Å². The van der Waals surface area contributed by atoms with Crippen LogP contribution in [-0.4, -0.2) is 21.3 Å². The summed E-state index contributed by atoms with van der Waals surface area (Å²) in [6, 6.07) is 13.8. The number of aromatic nitrogens is 3. The van der Waals surface area contributed by atoms with Gasteiger partial charge in [0.15, 0.2) is 12.0 Å². The first-order chi connectivity index (χ1) is 11.1. The normalized spacial score (nSPS) is 11.0. The Morgan fingerprint density at radius 1 is 1.04 bits per heavy atom. The third kappa shape index (κ3) is 2.90. The second-order valence-electron chi connectivity index (χ2n) is 5.61. The van der Waals surface area contributed by atoms with Crippen LogP contribution in [-0.2, 0) is 0 Å². The summed E-state index contributed by atoms with van der Waals surface area (Å²) in [7, 11) is 0. The van der Waals surface area contributed by atoms with Crippen LogP contribution in [0.5, 0.6) is 0 Å². The van der Waals surface area contributed by atoms with Crippen molar-refractivity contribution in [3.8, 4) is 16.9 Å². The van der Waals surface area contributed by atoms with Crippen LogP contribution in [0.2, 0.25) is 0 Å². The fourth-order valence-electron chi connectivity index (χ4n) is 2.43. The predicted octanol–water partition coefficient (Wildman–Crippen LogP) is 4.01. The van der Waals surface area contributed by atoms with Crippen molar-refractivity contribution in [2.24, 2.45) is 0 Å². The zero-order valence-electron chi connectivity index (χ0n) is 12.9. The maximum absolute atomic E-state index is 13.1. The number of aldehydes is 1. The van der Waals surface area contributed by atoms with E-state index in [2.05, 4.69) is 24.2 Å². The Morgan fingerprint density at radius 3 is 2.26 bits per heavy atom. The van der Waals surface area contributed by atoms with Crippen LogP contribution in [0.15, 0.2) is 48.5 Å². The smallest absolute Gasteiger partial charge is 0.172 e. The zero-order chi connectivity index (χ0) is 16.4. The highest BCUT2D eigenvalue weighted by Gasteiger charge is 2.16. The topological polar surface area (TPSA) is 47.8 Å². The van der Waals surface area contributed by atoms with E-state index in [0.29, 0.717) is 23.5 Å². The summed E-state index contributed by atoms with van der Waals surface area (Å²) >= 11 is 0. The highest BCUT2D eigenvalue weighted by molar-refractivity contribution is 5.83. The second-order valence-corrected chi connectivity index (χ2v) is 5.61. The highest BCUT2D eigenvalue weighted by atomic mass is 19.1. The molecule has 0 radical (unpaired) electrons. The quantitative estimate of drug-likeness (QED) is 0.684. The second kappa shape index (κ2) is 6.12. The molecule has 0 fully saturated rings. The van der Waals surface area contributed by atoms with Crippen LogP contribution >= 0.6 is 0 Å². The van der Waals surface area contributed by atoms with Gasteiger partial charge >= 0.3 is 0 Å². The summed E-state index contributed by atoms with van der Waals surface area (Å²) in [6.45, 7) is 4.25. The largest absolute Gasteiger partial charge is 0.296 e. The molecule has 23 heavy (non-hydrogen) atoms. The zero-order valence-corrected chi connectivity index (χ0v) is 12.9. The Morgan fingerprint density at radius 2 is 1.70 bits per heavy atom. The van der Waals surface area contributed by atoms with Crippen molar-refractivity contribution in [2.45, 2.75) is 19.8 Å². The Bertz CT molecular complexity index is 820. The fraction of sp³-hybridized carbons (Fsp3) is 0.167. The number of rotatable bonds is 4. The van der Waals surface area contributed by atoms with Gasteiger partial charge in [-0.1, -0.05) is 31.2 Å². The van der Waals surface area contributed by atoms with Crippen LogP contribution in [0.1, 0.15) is 35.8 Å². The van der Waals surface area contributed by atoms with Crippen molar-refractivity contribution < 1.29 is 9.18 Å². The highest BCUT2D eigenvalue weighted by Crippen LogP contribution is 2.25. The first-order valence-corrected chi connectivity index (χ1v) is 7.37. The van der Waals surface area contributed by atoms with Gasteiger partial charge < -0.3 is 0 Å². The third-order valence-corrected chi connectivity index (χ3v) is 3.73. The van der Waals surface area contributed by atoms with Gasteiger partial charge in [-0.3, -0.25) is 4.79 Å². The van der Waals surface area contributed by atoms with Gasteiger partial charge in [0.1, 0.15) is 11.5 Å². The molecule has 0 aliphatic rings. The van der Waals surface area contributed by atoms with Crippen molar-refractivity contribution in [2.75, 3.05) is 0 Å². The first kappa shape index (κ1) is 15.1. The molecule has 3 aromatic rings. The number of benzene rings is 2. The molecule has 0 bridgehead atoms. The predicted molar refractivity (Wildman–Crippen MR) is 86.2 cm³/mol. The molecule has 116 valence electrons. The molecule has 1 heterocycles. The van der Waals surface area contributed by atoms with Gasteiger partial charge in [0.25, 0.3) is 0 Å². The first-order valence-electron chi connectivity index (χ1n) is 7.37. The van der Waals surface area contributed by atoms with Gasteiger partial charge in [-0.15, -0.1) is 5.10 Å². The lowest BCUT2D eigenvalue weighted by Crippen LogP contribution is -2.01. The van der Waals surface area contributed by atoms with E-state index in [-0.39, 0.29) is 11.5 Å². The Hall–Kier alpha value is -2.82. The minimum atomic E-state index is -0.332. The number of halogens is 1. The fourth-order valence-corrected chi connectivity index (χ4v) is 2.43. The minimum Gasteiger partial charge on any atom is -0.296 e. The number of carbonyl (C=O) groups is 1. The monoisotopic (exact) mass is 309 g/mol. The average Bonchev–Trinajstić information content (AvgIpc) is 2.99. The van der Waals surface area contributed by atoms with Crippen LogP contribution < -0.4 is 0 Å². The summed E-state index contributed by atoms with van der Waals surface area (Å²) in [5, 5.41) is 7.99. The Balaban J connectivity index is 2.11. The molecular weight excluding hydrogens is 293 g/mol. The van der Waals surface area contributed by atoms with E-state index in [4.69, 9.17) is 0 Å². The maximum Gasteiger partial charge on any atom is 0.172 e. The number of carbonyl (C=O) groups excluding carboxylic acids is 1. The van der Waals surface area contributed by atoms with E-state index < -0.39 is 0 Å². The summed E-state index contributed by atoms with van der Waals surface area (Å²) in [5.41, 5.74) is 3.48. The molecule has 5 heteroatoms. The van der Waals surface area contributed by atoms with Crippen LogP contribution in [0, 0.1) is 5.82 Å². The molecule has 2 aromatic carbocycles. The minimum absolute atomic E-state index is 0.226. The van der Waals surface area contributed by atoms with Gasteiger partial charge in [-0.2, -0.15) is 0 Å². The summed E-state index contributed by atoms with van der Waals surface area (Å²) in [4.78, 5) is 11.3. The van der Waals surface area contributed by atoms with Crippen LogP contribution in [0.4, 0.5) is 4.39 Å². The lowest BCUT2D eigenvalue weighted by Gasteiger charge is -2.09. The van der Waals surface area contributed by atoms with Gasteiger partial charge in [-0.05, 0) is 47.9 Å². The van der Waals surface area contributed by atoms with Crippen molar-refractivity contribution in [3.63, 3.8) is 0 Å². The van der Waals surface area contributed by atoms with E-state index in [1.165, 1.54) is 17.7 Å². The van der Waals surface area contributed by atoms with E-state index in [9.17, 15) is 9.18 Å². The van der Waals surface area contributed by atoms with Crippen molar-refractivity contribution in [3.05, 3.63) is 65.6 Å². The van der Waals surface area contributed by atoms with Gasteiger partial charge in [0.2, 0.25) is 0 Å². The van der Waals surface area contributed by atoms with Crippen molar-refractivity contribution >= 4 is 6.29 Å². The molecule has 0 unspecified atom stereocenters. The summed E-state index contributed by atoms with van der Waals surface area (Å²) in [6.07, 6.45) is 0.657. The van der Waals surface area contributed by atoms with Gasteiger partial charge in [0.05, 0.1) is 5.69 Å². The van der Waals surface area contributed by atoms with Crippen LogP contribution in [0.25, 0.3) is 16.9 Å². The van der Waals surface area contributed by atoms with E-state index in [1.807, 2.05) is 24.3 Å². The standard InChI is InChI=1S/C18H16FN3O/c1-12(2)13-5-9-16(10-6-13)22-18(17(11-23)20-21-22)14-3-7-15(19)8-4-14/h3-12H,1-2H3. The van der Waals surface area contributed by atoms with Gasteiger partial charge in [-0.25, -0.2) is 9.07 Å². The van der Waals surface area contributed by atoms with Crippen molar-refractivity contribution in [1.82, 2.24) is 15.0 Å². The number of hydrogen-bond acceptors (Lipinski definition) is 3. The summed E-state index contributed by atoms with van der Waals surface area (Å²) in [5.74, 6) is 0.101. The molecule has 0 atom stereocenters. The Labute approximate surface area is 133 Å². The lowest BCUT2D eigenvalue weighted by atomic mass is 10.0. The van der Waals surface area contributed by atoms with Crippen molar-refractivity contribution in [1.29, 1.82) is 0 Å². The summed E-state index contributed by atoms with van der Waals surface area (Å²) < 4.78 is 14.7. The average molecular weight is 309 g/mol. The van der Waals surface area contributed by atoms with Gasteiger partial charge in [0, 0.05) is 5.56 Å². The molecule has 1 aromatic heterocycles. The number of nitrogens with zero attached hydrogens (tertiary/aromatic N) is 3. The van der Waals surface area contributed by atoms with E-state index in [0.717, 1.165) is 5.69 Å². The molecule has 0 saturated carbocycles. The molecule has 0 aliphatic heterocycles. The molecular formula is C18H16FN3O.